The van der Waals surface area contributed by atoms with E-state index in [1.807, 2.05) is 0 Å². The summed E-state index contributed by atoms with van der Waals surface area (Å²) in [6.07, 6.45) is 0.528. The summed E-state index contributed by atoms with van der Waals surface area (Å²) >= 11 is 5.87. The van der Waals surface area contributed by atoms with Crippen LogP contribution in [0, 0.1) is 12.7 Å². The molecule has 0 fully saturated rings. The van der Waals surface area contributed by atoms with Crippen LogP contribution in [0.25, 0.3) is 0 Å². The highest BCUT2D eigenvalue weighted by Crippen LogP contribution is 2.27. The molecule has 0 saturated heterocycles. The topological polar surface area (TPSA) is 52.0 Å². The van der Waals surface area contributed by atoms with Gasteiger partial charge in [0, 0.05) is 16.6 Å². The van der Waals surface area contributed by atoms with Gasteiger partial charge >= 0.3 is 0 Å². The van der Waals surface area contributed by atoms with Crippen LogP contribution < -0.4 is 11.5 Å². The van der Waals surface area contributed by atoms with Crippen molar-refractivity contribution in [3.05, 3.63) is 34.1 Å². The van der Waals surface area contributed by atoms with Crippen molar-refractivity contribution in [1.29, 1.82) is 0 Å². The van der Waals surface area contributed by atoms with Crippen LogP contribution in [-0.4, -0.2) is 6.54 Å². The largest absolute Gasteiger partial charge is 0.330 e. The summed E-state index contributed by atoms with van der Waals surface area (Å²) in [6, 6.07) is 2.87. The first-order chi connectivity index (χ1) is 6.57. The molecular formula is C10H14ClFN2. The molecule has 0 saturated carbocycles. The molecule has 0 aliphatic carbocycles. The van der Waals surface area contributed by atoms with Gasteiger partial charge in [-0.25, -0.2) is 4.39 Å². The number of halogens is 2. The summed E-state index contributed by atoms with van der Waals surface area (Å²) in [5.74, 6) is -0.321. The molecule has 4 heteroatoms. The molecule has 0 aromatic heterocycles. The van der Waals surface area contributed by atoms with Crippen molar-refractivity contribution in [1.82, 2.24) is 0 Å². The molecule has 1 aromatic carbocycles. The fraction of sp³-hybridized carbons (Fsp3) is 0.400. The summed E-state index contributed by atoms with van der Waals surface area (Å²) in [5, 5.41) is 0.369. The van der Waals surface area contributed by atoms with E-state index < -0.39 is 6.04 Å². The average Bonchev–Trinajstić information content (AvgIpc) is 2.13. The minimum absolute atomic E-state index is 0.321. The van der Waals surface area contributed by atoms with Gasteiger partial charge in [0.25, 0.3) is 0 Å². The molecule has 2 nitrogen and oxygen atoms in total. The van der Waals surface area contributed by atoms with E-state index in [-0.39, 0.29) is 5.82 Å². The van der Waals surface area contributed by atoms with E-state index in [4.69, 9.17) is 23.1 Å². The molecule has 0 bridgehead atoms. The molecule has 0 unspecified atom stereocenters. The number of benzene rings is 1. The Morgan fingerprint density at radius 2 is 2.14 bits per heavy atom. The van der Waals surface area contributed by atoms with E-state index in [2.05, 4.69) is 0 Å². The van der Waals surface area contributed by atoms with Crippen molar-refractivity contribution < 1.29 is 4.39 Å². The molecule has 1 rings (SSSR count). The lowest BCUT2D eigenvalue weighted by Crippen LogP contribution is -2.17. The first-order valence-electron chi connectivity index (χ1n) is 4.48. The molecule has 0 amide bonds. The second-order valence-electron chi connectivity index (χ2n) is 3.28. The first kappa shape index (κ1) is 11.4. The van der Waals surface area contributed by atoms with Crippen LogP contribution in [0.1, 0.15) is 23.6 Å². The minimum atomic E-state index is -0.424. The molecule has 0 radical (unpaired) electrons. The Bertz CT molecular complexity index is 328. The predicted molar refractivity (Wildman–Crippen MR) is 56.7 cm³/mol. The number of aryl methyl sites for hydroxylation is 1. The Morgan fingerprint density at radius 1 is 1.50 bits per heavy atom. The molecule has 1 atom stereocenters. The molecule has 0 aliphatic rings. The van der Waals surface area contributed by atoms with E-state index >= 15 is 0 Å². The fourth-order valence-electron chi connectivity index (χ4n) is 1.34. The number of hydrogen-bond donors (Lipinski definition) is 2. The van der Waals surface area contributed by atoms with E-state index in [9.17, 15) is 4.39 Å². The van der Waals surface area contributed by atoms with E-state index in [0.717, 1.165) is 0 Å². The second-order valence-corrected chi connectivity index (χ2v) is 3.68. The lowest BCUT2D eigenvalue weighted by Gasteiger charge is -2.14. The lowest BCUT2D eigenvalue weighted by atomic mass is 10.0. The predicted octanol–water partition coefficient (Wildman–Crippen LogP) is 2.14. The minimum Gasteiger partial charge on any atom is -0.330 e. The zero-order chi connectivity index (χ0) is 10.7. The molecule has 0 spiro atoms. The van der Waals surface area contributed by atoms with Crippen LogP contribution in [0.15, 0.2) is 12.1 Å². The highest BCUT2D eigenvalue weighted by atomic mass is 35.5. The smallest absolute Gasteiger partial charge is 0.132 e. The van der Waals surface area contributed by atoms with Crippen LogP contribution in [0.5, 0.6) is 0 Å². The summed E-state index contributed by atoms with van der Waals surface area (Å²) in [6.45, 7) is 2.11. The third kappa shape index (κ3) is 2.23. The molecule has 4 N–H and O–H groups in total. The van der Waals surface area contributed by atoms with Gasteiger partial charge in [0.1, 0.15) is 5.82 Å². The van der Waals surface area contributed by atoms with Crippen molar-refractivity contribution in [2.75, 3.05) is 6.54 Å². The maximum absolute atomic E-state index is 13.6. The molecule has 0 heterocycles. The summed E-state index contributed by atoms with van der Waals surface area (Å²) < 4.78 is 13.6. The van der Waals surface area contributed by atoms with Crippen molar-refractivity contribution in [3.63, 3.8) is 0 Å². The average molecular weight is 217 g/mol. The molecular weight excluding hydrogens is 203 g/mol. The van der Waals surface area contributed by atoms with Crippen molar-refractivity contribution in [2.45, 2.75) is 19.4 Å². The van der Waals surface area contributed by atoms with Gasteiger partial charge < -0.3 is 11.5 Å². The van der Waals surface area contributed by atoms with Crippen LogP contribution in [0.3, 0.4) is 0 Å². The maximum atomic E-state index is 13.6. The SMILES string of the molecule is Cc1ccc(Cl)c([C@H](N)CCN)c1F. The fourth-order valence-corrected chi connectivity index (χ4v) is 1.63. The molecule has 78 valence electrons. The quantitative estimate of drug-likeness (QED) is 0.814. The van der Waals surface area contributed by atoms with Crippen molar-refractivity contribution in [2.24, 2.45) is 11.5 Å². The Labute approximate surface area is 88.0 Å². The van der Waals surface area contributed by atoms with Crippen molar-refractivity contribution >= 4 is 11.6 Å². The third-order valence-electron chi connectivity index (χ3n) is 2.17. The highest BCUT2D eigenvalue weighted by molar-refractivity contribution is 6.31. The zero-order valence-electron chi connectivity index (χ0n) is 8.06. The Morgan fingerprint density at radius 3 is 2.71 bits per heavy atom. The van der Waals surface area contributed by atoms with Gasteiger partial charge in [0.2, 0.25) is 0 Å². The van der Waals surface area contributed by atoms with E-state index in [1.165, 1.54) is 0 Å². The van der Waals surface area contributed by atoms with Crippen LogP contribution in [0.4, 0.5) is 4.39 Å². The second kappa shape index (κ2) is 4.73. The Hall–Kier alpha value is -0.640. The first-order valence-corrected chi connectivity index (χ1v) is 4.86. The van der Waals surface area contributed by atoms with Gasteiger partial charge in [-0.1, -0.05) is 17.7 Å². The zero-order valence-corrected chi connectivity index (χ0v) is 8.81. The van der Waals surface area contributed by atoms with E-state index in [1.54, 1.807) is 19.1 Å². The lowest BCUT2D eigenvalue weighted by molar-refractivity contribution is 0.561. The monoisotopic (exact) mass is 216 g/mol. The molecule has 14 heavy (non-hydrogen) atoms. The van der Waals surface area contributed by atoms with Crippen LogP contribution in [-0.2, 0) is 0 Å². The van der Waals surface area contributed by atoms with Gasteiger partial charge in [-0.2, -0.15) is 0 Å². The van der Waals surface area contributed by atoms with Crippen molar-refractivity contribution in [3.8, 4) is 0 Å². The van der Waals surface area contributed by atoms with Gasteiger partial charge in [-0.3, -0.25) is 0 Å². The summed E-state index contributed by atoms with van der Waals surface area (Å²) in [5.41, 5.74) is 12.1. The van der Waals surface area contributed by atoms with Gasteiger partial charge in [-0.05, 0) is 31.5 Å². The Balaban J connectivity index is 3.11. The summed E-state index contributed by atoms with van der Waals surface area (Å²) in [4.78, 5) is 0. The van der Waals surface area contributed by atoms with Gasteiger partial charge in [-0.15, -0.1) is 0 Å². The highest BCUT2D eigenvalue weighted by Gasteiger charge is 2.16. The van der Waals surface area contributed by atoms with Crippen LogP contribution in [0.2, 0.25) is 5.02 Å². The number of nitrogens with two attached hydrogens (primary N) is 2. The normalized spacial score (nSPS) is 12.9. The Kier molecular flexibility index (Phi) is 3.86. The van der Waals surface area contributed by atoms with Gasteiger partial charge in [0.15, 0.2) is 0 Å². The molecule has 0 aliphatic heterocycles. The van der Waals surface area contributed by atoms with Gasteiger partial charge in [0.05, 0.1) is 0 Å². The number of hydrogen-bond acceptors (Lipinski definition) is 2. The standard InChI is InChI=1S/C10H14ClFN2/c1-6-2-3-7(11)9(10(6)12)8(14)4-5-13/h2-3,8H,4-5,13-14H2,1H3/t8-/m1/s1. The number of rotatable bonds is 3. The van der Waals surface area contributed by atoms with Crippen LogP contribution >= 0.6 is 11.6 Å². The molecule has 1 aromatic rings. The maximum Gasteiger partial charge on any atom is 0.132 e. The summed E-state index contributed by atoms with van der Waals surface area (Å²) in [7, 11) is 0. The van der Waals surface area contributed by atoms with E-state index in [0.29, 0.717) is 29.1 Å². The third-order valence-corrected chi connectivity index (χ3v) is 2.50.